The van der Waals surface area contributed by atoms with Gasteiger partial charge in [-0.1, -0.05) is 0 Å². The van der Waals surface area contributed by atoms with Crippen LogP contribution in [0.25, 0.3) is 0 Å². The minimum absolute atomic E-state index is 0. The first-order valence-corrected chi connectivity index (χ1v) is 0.316. The largest absolute Gasteiger partial charge is 3.00 e. The van der Waals surface area contributed by atoms with Crippen LogP contribution in [0, 0.1) is 14.5 Å². The Bertz CT molecular complexity index is 6.00. The van der Waals surface area contributed by atoms with Crippen molar-refractivity contribution in [2.75, 3.05) is 0 Å². The first-order valence-electron chi connectivity index (χ1n) is 0.316. The summed E-state index contributed by atoms with van der Waals surface area (Å²) in [5, 5.41) is 6.75. The van der Waals surface area contributed by atoms with Crippen LogP contribution in [-0.4, -0.2) is 5.11 Å². The quantitative estimate of drug-likeness (QED) is 0.482. The van der Waals surface area contributed by atoms with Gasteiger partial charge in [-0.2, -0.15) is 0 Å². The van der Waals surface area contributed by atoms with Gasteiger partial charge in [0, 0.05) is 0 Å². The molecule has 0 heterocycles. The van der Waals surface area contributed by atoms with Crippen molar-refractivity contribution in [1.29, 1.82) is 0 Å². The van der Waals surface area contributed by atoms with Gasteiger partial charge in [-0.3, -0.25) is 0 Å². The third kappa shape index (κ3) is 11.5. The SMILES string of the molecule is [CH2-]O.[CH3-].[Y+3]. The summed E-state index contributed by atoms with van der Waals surface area (Å²) in [4.78, 5) is 0. The van der Waals surface area contributed by atoms with Gasteiger partial charge in [0.25, 0.3) is 0 Å². The van der Waals surface area contributed by atoms with Crippen molar-refractivity contribution in [3.63, 3.8) is 0 Å². The Kier molecular flexibility index (Phi) is 165. The van der Waals surface area contributed by atoms with Crippen molar-refractivity contribution < 1.29 is 37.8 Å². The molecule has 0 amide bonds. The molecule has 4 heavy (non-hydrogen) atoms. The molecule has 0 spiro atoms. The first kappa shape index (κ1) is 19.6. The molecular weight excluding hydrogens is 129 g/mol. The zero-order valence-electron chi connectivity index (χ0n) is 2.73. The van der Waals surface area contributed by atoms with E-state index in [-0.39, 0.29) is 40.1 Å². The predicted molar refractivity (Wildman–Crippen MR) is 13.7 cm³/mol. The van der Waals surface area contributed by atoms with Gasteiger partial charge in [-0.15, -0.1) is 0 Å². The monoisotopic (exact) mass is 135 g/mol. The summed E-state index contributed by atoms with van der Waals surface area (Å²) >= 11 is 0. The van der Waals surface area contributed by atoms with Gasteiger partial charge in [0.1, 0.15) is 0 Å². The number of aliphatic hydroxyl groups is 1. The van der Waals surface area contributed by atoms with E-state index in [1.165, 1.54) is 0 Å². The van der Waals surface area contributed by atoms with E-state index in [4.69, 9.17) is 5.11 Å². The van der Waals surface area contributed by atoms with E-state index in [9.17, 15) is 0 Å². The minimum Gasteiger partial charge on any atom is -0.569 e. The Hall–Kier alpha value is 1.06. The Morgan fingerprint density at radius 3 is 1.25 bits per heavy atom. The molecule has 0 radical (unpaired) electrons. The van der Waals surface area contributed by atoms with Gasteiger partial charge in [-0.25, -0.2) is 7.11 Å². The molecule has 0 bridgehead atoms. The zero-order valence-corrected chi connectivity index (χ0v) is 5.57. The zero-order chi connectivity index (χ0) is 2.00. The predicted octanol–water partition coefficient (Wildman–Crippen LogP) is 0.598. The van der Waals surface area contributed by atoms with Gasteiger partial charge in [0.2, 0.25) is 0 Å². The van der Waals surface area contributed by atoms with E-state index >= 15 is 0 Å². The van der Waals surface area contributed by atoms with Crippen LogP contribution in [0.4, 0.5) is 0 Å². The second kappa shape index (κ2) is 33.7. The summed E-state index contributed by atoms with van der Waals surface area (Å²) < 4.78 is 0. The van der Waals surface area contributed by atoms with Crippen LogP contribution in [0.15, 0.2) is 0 Å². The van der Waals surface area contributed by atoms with Gasteiger partial charge in [0.15, 0.2) is 0 Å². The van der Waals surface area contributed by atoms with Gasteiger partial charge >= 0.3 is 32.7 Å². The first-order chi connectivity index (χ1) is 1.00. The molecule has 0 aromatic carbocycles. The fourth-order valence-electron chi connectivity index (χ4n) is 0. The van der Waals surface area contributed by atoms with E-state index in [1.54, 1.807) is 0 Å². The molecule has 0 aliphatic rings. The Morgan fingerprint density at radius 1 is 1.25 bits per heavy atom. The average molecular weight is 135 g/mol. The molecule has 0 aliphatic heterocycles. The van der Waals surface area contributed by atoms with Crippen LogP contribution in [0.5, 0.6) is 0 Å². The average Bonchev–Trinajstić information content (AvgIpc) is 1.00. The molecule has 0 unspecified atom stereocenters. The van der Waals surface area contributed by atoms with Crippen molar-refractivity contribution in [2.24, 2.45) is 0 Å². The summed E-state index contributed by atoms with van der Waals surface area (Å²) in [6.07, 6.45) is 0. The third-order valence-electron chi connectivity index (χ3n) is 0. The van der Waals surface area contributed by atoms with E-state index in [0.717, 1.165) is 0 Å². The fourth-order valence-corrected chi connectivity index (χ4v) is 0. The summed E-state index contributed by atoms with van der Waals surface area (Å²) in [6, 6.07) is 0. The molecule has 0 aliphatic carbocycles. The van der Waals surface area contributed by atoms with Crippen LogP contribution in [0.2, 0.25) is 0 Å². The second-order valence-electron chi connectivity index (χ2n) is 0. The maximum atomic E-state index is 6.75. The smallest absolute Gasteiger partial charge is 0.569 e. The van der Waals surface area contributed by atoms with E-state index in [0.29, 0.717) is 0 Å². The van der Waals surface area contributed by atoms with Gasteiger partial charge in [-0.05, 0) is 0 Å². The van der Waals surface area contributed by atoms with Crippen molar-refractivity contribution in [3.8, 4) is 0 Å². The summed E-state index contributed by atoms with van der Waals surface area (Å²) in [6.45, 7) is 0. The normalized spacial score (nSPS) is 1.50. The molecule has 0 atom stereocenters. The van der Waals surface area contributed by atoms with Crippen molar-refractivity contribution in [1.82, 2.24) is 0 Å². The third-order valence-corrected chi connectivity index (χ3v) is 0. The number of hydrogen-bond acceptors (Lipinski definition) is 1. The van der Waals surface area contributed by atoms with Crippen LogP contribution in [0.1, 0.15) is 0 Å². The van der Waals surface area contributed by atoms with E-state index in [2.05, 4.69) is 7.11 Å². The van der Waals surface area contributed by atoms with Gasteiger partial charge < -0.3 is 12.5 Å². The summed E-state index contributed by atoms with van der Waals surface area (Å²) in [5.74, 6) is 0. The topological polar surface area (TPSA) is 20.2 Å². The summed E-state index contributed by atoms with van der Waals surface area (Å²) in [7, 11) is 2.25. The maximum Gasteiger partial charge on any atom is 3.00 e. The number of hydrogen-bond donors (Lipinski definition) is 1. The molecule has 0 aromatic heterocycles. The standard InChI is InChI=1S/CH3O.CH3.Y/c1-2;;/h2H,1H2;1H3;/q2*-1;+3. The Labute approximate surface area is 52.3 Å². The molecule has 0 saturated carbocycles. The minimum atomic E-state index is 0. The van der Waals surface area contributed by atoms with Gasteiger partial charge in [0.05, 0.1) is 0 Å². The van der Waals surface area contributed by atoms with Crippen LogP contribution in [0.3, 0.4) is 0 Å². The van der Waals surface area contributed by atoms with Crippen molar-refractivity contribution in [2.45, 2.75) is 0 Å². The van der Waals surface area contributed by atoms with Crippen LogP contribution in [-0.2, 0) is 32.7 Å². The molecule has 22 valence electrons. The Morgan fingerprint density at radius 2 is 1.25 bits per heavy atom. The van der Waals surface area contributed by atoms with E-state index < -0.39 is 0 Å². The van der Waals surface area contributed by atoms with Crippen molar-refractivity contribution in [3.05, 3.63) is 14.5 Å². The molecule has 0 saturated heterocycles. The number of rotatable bonds is 0. The molecule has 0 fully saturated rings. The van der Waals surface area contributed by atoms with E-state index in [1.807, 2.05) is 0 Å². The molecule has 0 aromatic rings. The Balaban J connectivity index is -0.00000000500. The van der Waals surface area contributed by atoms with Crippen LogP contribution >= 0.6 is 0 Å². The fraction of sp³-hybridized carbons (Fsp3) is 0. The molecule has 0 rings (SSSR count). The van der Waals surface area contributed by atoms with Crippen molar-refractivity contribution >= 4 is 0 Å². The molecule has 2 heteroatoms. The van der Waals surface area contributed by atoms with Crippen LogP contribution < -0.4 is 0 Å². The molecule has 1 nitrogen and oxygen atoms in total. The molecule has 1 N–H and O–H groups in total. The number of aliphatic hydroxyl groups excluding tert-OH is 1. The molecular formula is C2H6OY+. The second-order valence-corrected chi connectivity index (χ2v) is 0. The maximum absolute atomic E-state index is 6.75. The summed E-state index contributed by atoms with van der Waals surface area (Å²) in [5.41, 5.74) is 0.